The summed E-state index contributed by atoms with van der Waals surface area (Å²) < 4.78 is 33.0. The Morgan fingerprint density at radius 2 is 1.90 bits per heavy atom. The molecule has 7 heteroatoms. The third kappa shape index (κ3) is 3.77. The first-order valence-electron chi connectivity index (χ1n) is 6.15. The number of nitrogens with one attached hydrogen (secondary N) is 1. The molecular formula is C13H15F2N3OS. The third-order valence-corrected chi connectivity index (χ3v) is 3.40. The van der Waals surface area contributed by atoms with Gasteiger partial charge in [0.15, 0.2) is 0 Å². The number of hydrogen-bond acceptors (Lipinski definition) is 5. The molecule has 4 nitrogen and oxygen atoms in total. The minimum atomic E-state index is -0.633. The van der Waals surface area contributed by atoms with Crippen LogP contribution in [0.1, 0.15) is 25.3 Å². The zero-order valence-electron chi connectivity index (χ0n) is 11.4. The van der Waals surface area contributed by atoms with E-state index in [2.05, 4.69) is 15.5 Å². The maximum Gasteiger partial charge on any atom is 0.281 e. The van der Waals surface area contributed by atoms with Gasteiger partial charge in [0, 0.05) is 19.5 Å². The van der Waals surface area contributed by atoms with E-state index in [1.54, 1.807) is 6.92 Å². The van der Waals surface area contributed by atoms with Crippen molar-refractivity contribution in [1.29, 1.82) is 0 Å². The Labute approximate surface area is 120 Å². The highest BCUT2D eigenvalue weighted by atomic mass is 32.2. The molecule has 1 aromatic carbocycles. The first-order valence-corrected chi connectivity index (χ1v) is 6.96. The lowest BCUT2D eigenvalue weighted by Crippen LogP contribution is -2.22. The molecule has 0 unspecified atom stereocenters. The highest BCUT2D eigenvalue weighted by molar-refractivity contribution is 7.99. The van der Waals surface area contributed by atoms with Crippen molar-refractivity contribution in [2.24, 2.45) is 0 Å². The van der Waals surface area contributed by atoms with Crippen LogP contribution in [-0.4, -0.2) is 16.2 Å². The molecule has 0 aliphatic rings. The molecule has 0 aliphatic carbocycles. The van der Waals surface area contributed by atoms with Gasteiger partial charge in [0.2, 0.25) is 5.89 Å². The summed E-state index contributed by atoms with van der Waals surface area (Å²) in [6.07, 6.45) is 0. The fraction of sp³-hybridized carbons (Fsp3) is 0.385. The van der Waals surface area contributed by atoms with Crippen LogP contribution < -0.4 is 5.32 Å². The van der Waals surface area contributed by atoms with Crippen LogP contribution in [0.3, 0.4) is 0 Å². The van der Waals surface area contributed by atoms with Crippen molar-refractivity contribution in [1.82, 2.24) is 15.5 Å². The van der Waals surface area contributed by atoms with E-state index in [0.717, 1.165) is 11.8 Å². The number of halogens is 2. The number of hydrogen-bond donors (Lipinski definition) is 1. The molecule has 0 atom stereocenters. The van der Waals surface area contributed by atoms with Gasteiger partial charge in [0.1, 0.15) is 11.6 Å². The summed E-state index contributed by atoms with van der Waals surface area (Å²) in [4.78, 5) is -0.137. The molecule has 0 saturated carbocycles. The molecule has 20 heavy (non-hydrogen) atoms. The van der Waals surface area contributed by atoms with Crippen LogP contribution in [0.25, 0.3) is 0 Å². The van der Waals surface area contributed by atoms with E-state index >= 15 is 0 Å². The first kappa shape index (κ1) is 14.9. The van der Waals surface area contributed by atoms with E-state index in [1.165, 1.54) is 12.1 Å². The lowest BCUT2D eigenvalue weighted by atomic mass is 10.2. The van der Waals surface area contributed by atoms with Crippen molar-refractivity contribution in [2.45, 2.75) is 43.5 Å². The summed E-state index contributed by atoms with van der Waals surface area (Å²) >= 11 is 0.784. The van der Waals surface area contributed by atoms with Crippen LogP contribution >= 0.6 is 11.8 Å². The Balaban J connectivity index is 2.18. The summed E-state index contributed by atoms with van der Waals surface area (Å²) in [5.74, 6) is -0.913. The van der Waals surface area contributed by atoms with Crippen LogP contribution in [0.4, 0.5) is 8.78 Å². The number of aromatic nitrogens is 2. The molecule has 0 fully saturated rings. The Kier molecular flexibility index (Phi) is 4.72. The van der Waals surface area contributed by atoms with Gasteiger partial charge in [-0.25, -0.2) is 8.78 Å². The van der Waals surface area contributed by atoms with Crippen molar-refractivity contribution >= 4 is 11.8 Å². The summed E-state index contributed by atoms with van der Waals surface area (Å²) in [5.41, 5.74) is 0.555. The van der Waals surface area contributed by atoms with Crippen molar-refractivity contribution < 1.29 is 13.2 Å². The van der Waals surface area contributed by atoms with Gasteiger partial charge >= 0.3 is 0 Å². The summed E-state index contributed by atoms with van der Waals surface area (Å²) in [6.45, 7) is 5.96. The predicted octanol–water partition coefficient (Wildman–Crippen LogP) is 3.31. The van der Waals surface area contributed by atoms with Gasteiger partial charge < -0.3 is 9.73 Å². The maximum absolute atomic E-state index is 13.9. The van der Waals surface area contributed by atoms with E-state index in [0.29, 0.717) is 18.0 Å². The van der Waals surface area contributed by atoms with Gasteiger partial charge in [-0.15, -0.1) is 10.2 Å². The second-order valence-corrected chi connectivity index (χ2v) is 5.57. The highest BCUT2D eigenvalue weighted by Crippen LogP contribution is 2.31. The maximum atomic E-state index is 13.9. The number of rotatable bonds is 5. The SMILES string of the molecule is Cc1nnc(Sc2c(F)cc(CNC(C)C)cc2F)o1. The van der Waals surface area contributed by atoms with Gasteiger partial charge in [-0.05, 0) is 29.5 Å². The lowest BCUT2D eigenvalue weighted by Gasteiger charge is -2.10. The molecule has 2 aromatic rings. The van der Waals surface area contributed by atoms with Gasteiger partial charge in [-0.1, -0.05) is 13.8 Å². The zero-order chi connectivity index (χ0) is 14.7. The molecule has 0 bridgehead atoms. The largest absolute Gasteiger partial charge is 0.416 e. The molecule has 1 heterocycles. The Morgan fingerprint density at radius 1 is 1.25 bits per heavy atom. The summed E-state index contributed by atoms with van der Waals surface area (Å²) in [6, 6.07) is 2.87. The van der Waals surface area contributed by atoms with Crippen LogP contribution in [-0.2, 0) is 6.54 Å². The molecule has 0 spiro atoms. The molecule has 0 radical (unpaired) electrons. The van der Waals surface area contributed by atoms with Crippen molar-refractivity contribution in [2.75, 3.05) is 0 Å². The summed E-state index contributed by atoms with van der Waals surface area (Å²) in [7, 11) is 0. The smallest absolute Gasteiger partial charge is 0.281 e. The second kappa shape index (κ2) is 6.32. The lowest BCUT2D eigenvalue weighted by molar-refractivity contribution is 0.427. The van der Waals surface area contributed by atoms with Crippen LogP contribution in [0.2, 0.25) is 0 Å². The van der Waals surface area contributed by atoms with E-state index in [-0.39, 0.29) is 16.2 Å². The van der Waals surface area contributed by atoms with Gasteiger partial charge in [-0.3, -0.25) is 0 Å². The Bertz CT molecular complexity index is 578. The molecule has 108 valence electrons. The fourth-order valence-electron chi connectivity index (χ4n) is 1.54. The molecule has 2 rings (SSSR count). The van der Waals surface area contributed by atoms with Gasteiger partial charge in [-0.2, -0.15) is 0 Å². The predicted molar refractivity (Wildman–Crippen MR) is 71.5 cm³/mol. The minimum Gasteiger partial charge on any atom is -0.416 e. The van der Waals surface area contributed by atoms with Gasteiger partial charge in [0.05, 0.1) is 4.90 Å². The van der Waals surface area contributed by atoms with Crippen LogP contribution in [0, 0.1) is 18.6 Å². The van der Waals surface area contributed by atoms with Crippen molar-refractivity contribution in [3.8, 4) is 0 Å². The highest BCUT2D eigenvalue weighted by Gasteiger charge is 2.16. The molecule has 0 aliphatic heterocycles. The third-order valence-electron chi connectivity index (χ3n) is 2.47. The fourth-order valence-corrected chi connectivity index (χ4v) is 2.27. The molecule has 0 amide bonds. The van der Waals surface area contributed by atoms with Crippen molar-refractivity contribution in [3.05, 3.63) is 35.2 Å². The standard InChI is InChI=1S/C13H15F2N3OS/c1-7(2)16-6-9-4-10(14)12(11(15)5-9)20-13-18-17-8(3)19-13/h4-5,7,16H,6H2,1-3H3. The molecular weight excluding hydrogens is 284 g/mol. The number of nitrogens with zero attached hydrogens (tertiary/aromatic N) is 2. The van der Waals surface area contributed by atoms with E-state index in [1.807, 2.05) is 13.8 Å². The molecule has 1 N–H and O–H groups in total. The van der Waals surface area contributed by atoms with Gasteiger partial charge in [0.25, 0.3) is 5.22 Å². The van der Waals surface area contributed by atoms with E-state index in [4.69, 9.17) is 4.42 Å². The minimum absolute atomic E-state index is 0.119. The normalized spacial score (nSPS) is 11.3. The number of benzene rings is 1. The average Bonchev–Trinajstić information content (AvgIpc) is 2.77. The van der Waals surface area contributed by atoms with Crippen LogP contribution in [0.15, 0.2) is 26.7 Å². The monoisotopic (exact) mass is 299 g/mol. The quantitative estimate of drug-likeness (QED) is 0.918. The van der Waals surface area contributed by atoms with E-state index < -0.39 is 11.6 Å². The average molecular weight is 299 g/mol. The second-order valence-electron chi connectivity index (χ2n) is 4.61. The first-order chi connectivity index (χ1) is 9.45. The van der Waals surface area contributed by atoms with Crippen LogP contribution in [0.5, 0.6) is 0 Å². The topological polar surface area (TPSA) is 51.0 Å². The molecule has 0 saturated heterocycles. The number of aryl methyl sites for hydroxylation is 1. The molecule has 1 aromatic heterocycles. The van der Waals surface area contributed by atoms with E-state index in [9.17, 15) is 8.78 Å². The summed E-state index contributed by atoms with van der Waals surface area (Å²) in [5, 5.41) is 10.5. The van der Waals surface area contributed by atoms with Crippen molar-refractivity contribution in [3.63, 3.8) is 0 Å². The zero-order valence-corrected chi connectivity index (χ0v) is 12.2. The Morgan fingerprint density at radius 3 is 2.40 bits per heavy atom. The Hall–Kier alpha value is -1.47.